The summed E-state index contributed by atoms with van der Waals surface area (Å²) in [5.74, 6) is -1.46. The van der Waals surface area contributed by atoms with Gasteiger partial charge in [0.25, 0.3) is 11.5 Å². The Morgan fingerprint density at radius 3 is 2.48 bits per heavy atom. The summed E-state index contributed by atoms with van der Waals surface area (Å²) in [5, 5.41) is 4.48. The Morgan fingerprint density at radius 2 is 1.86 bits per heavy atom. The molecule has 154 valence electrons. The number of H-pyrrole nitrogens is 1. The highest BCUT2D eigenvalue weighted by Gasteiger charge is 2.21. The lowest BCUT2D eigenvalue weighted by molar-refractivity contribution is -0.142. The molecule has 10 heteroatoms. The maximum atomic E-state index is 12.6. The molecule has 0 aliphatic heterocycles. The van der Waals surface area contributed by atoms with Crippen molar-refractivity contribution in [1.29, 1.82) is 0 Å². The fourth-order valence-corrected chi connectivity index (χ4v) is 2.98. The Kier molecular flexibility index (Phi) is 7.96. The van der Waals surface area contributed by atoms with Gasteiger partial charge in [0.05, 0.1) is 6.61 Å². The summed E-state index contributed by atoms with van der Waals surface area (Å²) in [7, 11) is 0. The average Bonchev–Trinajstić information content (AvgIpc) is 2.71. The van der Waals surface area contributed by atoms with Crippen LogP contribution < -0.4 is 16.2 Å². The lowest BCUT2D eigenvalue weighted by atomic mass is 10.2. The van der Waals surface area contributed by atoms with E-state index in [1.165, 1.54) is 0 Å². The third-order valence-electron chi connectivity index (χ3n) is 3.66. The second kappa shape index (κ2) is 10.4. The minimum absolute atomic E-state index is 0.0940. The number of anilines is 2. The maximum absolute atomic E-state index is 12.6. The Labute approximate surface area is 171 Å². The number of amides is 2. The van der Waals surface area contributed by atoms with Crippen molar-refractivity contribution < 1.29 is 19.1 Å². The predicted molar refractivity (Wildman–Crippen MR) is 110 cm³/mol. The van der Waals surface area contributed by atoms with E-state index in [1.807, 2.05) is 0 Å². The predicted octanol–water partition coefficient (Wildman–Crippen LogP) is 2.41. The molecule has 0 spiro atoms. The lowest BCUT2D eigenvalue weighted by Gasteiger charge is -2.13. The fraction of sp³-hybridized carbons (Fsp3) is 0.316. The number of nitrogens with one attached hydrogen (secondary N) is 3. The first-order chi connectivity index (χ1) is 13.8. The fourth-order valence-electron chi connectivity index (χ4n) is 2.19. The van der Waals surface area contributed by atoms with E-state index in [2.05, 4.69) is 20.6 Å². The molecule has 29 heavy (non-hydrogen) atoms. The first kappa shape index (κ1) is 22.2. The largest absolute Gasteiger partial charge is 0.465 e. The standard InChI is InChI=1S/C19H22N4O5S/c1-4-13(24)20-15-14(21-16(25)12-9-7-6-8-10-12)17(26)23-19(22-15)29-11(3)18(27)28-5-2/h6-11H,4-5H2,1-3H3,(H,21,25)(H2,20,22,23,24,26)/t11-/m0/s1. The van der Waals surface area contributed by atoms with Crippen LogP contribution in [0.4, 0.5) is 11.5 Å². The second-order valence-electron chi connectivity index (χ2n) is 5.83. The summed E-state index contributed by atoms with van der Waals surface area (Å²) < 4.78 is 4.94. The van der Waals surface area contributed by atoms with E-state index in [1.54, 1.807) is 51.1 Å². The number of thioether (sulfide) groups is 1. The molecule has 0 saturated carbocycles. The summed E-state index contributed by atoms with van der Waals surface area (Å²) in [4.78, 5) is 55.4. The van der Waals surface area contributed by atoms with Crippen molar-refractivity contribution >= 4 is 41.1 Å². The van der Waals surface area contributed by atoms with Crippen LogP contribution in [-0.4, -0.2) is 39.6 Å². The van der Waals surface area contributed by atoms with E-state index in [9.17, 15) is 19.2 Å². The number of esters is 1. The monoisotopic (exact) mass is 418 g/mol. The summed E-state index contributed by atoms with van der Waals surface area (Å²) in [6.07, 6.45) is 0.155. The third kappa shape index (κ3) is 6.18. The average molecular weight is 418 g/mol. The summed E-state index contributed by atoms with van der Waals surface area (Å²) in [6, 6.07) is 8.31. The molecule has 0 aliphatic carbocycles. The normalized spacial score (nSPS) is 11.4. The molecule has 3 N–H and O–H groups in total. The molecule has 2 amide bonds. The van der Waals surface area contributed by atoms with Gasteiger partial charge in [-0.1, -0.05) is 36.9 Å². The Balaban J connectivity index is 2.34. The van der Waals surface area contributed by atoms with Gasteiger partial charge in [0.1, 0.15) is 5.25 Å². The van der Waals surface area contributed by atoms with Crippen molar-refractivity contribution in [3.8, 4) is 0 Å². The third-order valence-corrected chi connectivity index (χ3v) is 4.62. The highest BCUT2D eigenvalue weighted by atomic mass is 32.2. The molecule has 0 saturated heterocycles. The summed E-state index contributed by atoms with van der Waals surface area (Å²) in [6.45, 7) is 5.18. The molecule has 9 nitrogen and oxygen atoms in total. The topological polar surface area (TPSA) is 130 Å². The molecule has 0 aliphatic rings. The summed E-state index contributed by atoms with van der Waals surface area (Å²) in [5.41, 5.74) is -0.503. The van der Waals surface area contributed by atoms with Gasteiger partial charge in [0.15, 0.2) is 16.7 Å². The quantitative estimate of drug-likeness (QED) is 0.341. The second-order valence-corrected chi connectivity index (χ2v) is 7.16. The number of ether oxygens (including phenoxy) is 1. The number of aromatic amines is 1. The van der Waals surface area contributed by atoms with Crippen molar-refractivity contribution in [1.82, 2.24) is 9.97 Å². The molecule has 1 aromatic heterocycles. The van der Waals surface area contributed by atoms with Crippen LogP contribution in [0.15, 0.2) is 40.3 Å². The van der Waals surface area contributed by atoms with Crippen LogP contribution in [0.25, 0.3) is 0 Å². The Morgan fingerprint density at radius 1 is 1.17 bits per heavy atom. The zero-order valence-electron chi connectivity index (χ0n) is 16.3. The van der Waals surface area contributed by atoms with Crippen LogP contribution in [0.1, 0.15) is 37.6 Å². The van der Waals surface area contributed by atoms with Gasteiger partial charge in [-0.05, 0) is 26.0 Å². The van der Waals surface area contributed by atoms with Gasteiger partial charge in [-0.3, -0.25) is 24.2 Å². The molecule has 1 aromatic carbocycles. The van der Waals surface area contributed by atoms with Crippen LogP contribution in [0.2, 0.25) is 0 Å². The maximum Gasteiger partial charge on any atom is 0.319 e. The number of benzene rings is 1. The molecule has 0 radical (unpaired) electrons. The first-order valence-corrected chi connectivity index (χ1v) is 9.87. The number of rotatable bonds is 8. The van der Waals surface area contributed by atoms with Crippen LogP contribution in [0, 0.1) is 0 Å². The van der Waals surface area contributed by atoms with Gasteiger partial charge in [-0.25, -0.2) is 4.98 Å². The minimum Gasteiger partial charge on any atom is -0.465 e. The van der Waals surface area contributed by atoms with E-state index >= 15 is 0 Å². The zero-order valence-corrected chi connectivity index (χ0v) is 17.1. The SMILES string of the molecule is CCOC(=O)[C@H](C)Sc1nc(NC(=O)CC)c(NC(=O)c2ccccc2)c(=O)[nH]1. The molecule has 0 fully saturated rings. The van der Waals surface area contributed by atoms with Gasteiger partial charge in [0, 0.05) is 12.0 Å². The smallest absolute Gasteiger partial charge is 0.319 e. The van der Waals surface area contributed by atoms with E-state index < -0.39 is 22.7 Å². The van der Waals surface area contributed by atoms with Crippen LogP contribution in [0.3, 0.4) is 0 Å². The molecule has 0 bridgehead atoms. The van der Waals surface area contributed by atoms with Crippen molar-refractivity contribution in [2.45, 2.75) is 37.6 Å². The van der Waals surface area contributed by atoms with Crippen molar-refractivity contribution in [3.05, 3.63) is 46.2 Å². The van der Waals surface area contributed by atoms with Gasteiger partial charge in [-0.15, -0.1) is 0 Å². The molecule has 0 unspecified atom stereocenters. The van der Waals surface area contributed by atoms with Crippen molar-refractivity contribution in [2.75, 3.05) is 17.2 Å². The molecule has 2 aromatic rings. The number of hydrogen-bond acceptors (Lipinski definition) is 7. The molecule has 2 rings (SSSR count). The van der Waals surface area contributed by atoms with Gasteiger partial charge < -0.3 is 15.4 Å². The van der Waals surface area contributed by atoms with E-state index in [4.69, 9.17) is 4.74 Å². The lowest BCUT2D eigenvalue weighted by Crippen LogP contribution is -2.25. The van der Waals surface area contributed by atoms with Crippen LogP contribution in [0.5, 0.6) is 0 Å². The summed E-state index contributed by atoms with van der Waals surface area (Å²) >= 11 is 0.973. The van der Waals surface area contributed by atoms with E-state index in [-0.39, 0.29) is 35.6 Å². The van der Waals surface area contributed by atoms with Gasteiger partial charge in [0.2, 0.25) is 5.91 Å². The highest BCUT2D eigenvalue weighted by molar-refractivity contribution is 8.00. The minimum atomic E-state index is -0.658. The number of aromatic nitrogens is 2. The first-order valence-electron chi connectivity index (χ1n) is 8.99. The van der Waals surface area contributed by atoms with Crippen LogP contribution >= 0.6 is 11.8 Å². The van der Waals surface area contributed by atoms with E-state index in [0.29, 0.717) is 5.56 Å². The molecule has 1 atom stereocenters. The van der Waals surface area contributed by atoms with Crippen molar-refractivity contribution in [3.63, 3.8) is 0 Å². The zero-order chi connectivity index (χ0) is 21.4. The van der Waals surface area contributed by atoms with E-state index in [0.717, 1.165) is 11.8 Å². The Hall–Kier alpha value is -3.14. The Bertz CT molecular complexity index is 945. The number of nitrogens with zero attached hydrogens (tertiary/aromatic N) is 1. The number of carbonyl (C=O) groups excluding carboxylic acids is 3. The molecular formula is C19H22N4O5S. The highest BCUT2D eigenvalue weighted by Crippen LogP contribution is 2.24. The molecular weight excluding hydrogens is 396 g/mol. The van der Waals surface area contributed by atoms with Gasteiger partial charge >= 0.3 is 5.97 Å². The van der Waals surface area contributed by atoms with Gasteiger partial charge in [-0.2, -0.15) is 0 Å². The number of hydrogen-bond donors (Lipinski definition) is 3. The van der Waals surface area contributed by atoms with Crippen LogP contribution in [-0.2, 0) is 14.3 Å². The number of carbonyl (C=O) groups is 3. The van der Waals surface area contributed by atoms with Crippen molar-refractivity contribution in [2.24, 2.45) is 0 Å². The molecule has 1 heterocycles.